The van der Waals surface area contributed by atoms with Crippen LogP contribution in [0.4, 0.5) is 4.39 Å². The first kappa shape index (κ1) is 12.6. The Morgan fingerprint density at radius 3 is 2.81 bits per heavy atom. The first-order valence-electron chi connectivity index (χ1n) is 4.57. The monoisotopic (exact) mass is 245 g/mol. The molecule has 0 spiro atoms. The molecule has 0 aliphatic carbocycles. The number of carbonyl (C=O) groups is 1. The van der Waals surface area contributed by atoms with E-state index in [0.717, 1.165) is 6.07 Å². The molecule has 0 aliphatic rings. The predicted molar refractivity (Wildman–Crippen MR) is 59.3 cm³/mol. The molecule has 1 aromatic rings. The molecule has 1 rings (SSSR count). The number of carbonyl (C=O) groups excluding carboxylic acids is 1. The van der Waals surface area contributed by atoms with Crippen LogP contribution in [0.15, 0.2) is 18.2 Å². The van der Waals surface area contributed by atoms with Crippen LogP contribution in [0.2, 0.25) is 0 Å². The average Bonchev–Trinajstić information content (AvgIpc) is 2.16. The zero-order valence-corrected chi connectivity index (χ0v) is 9.51. The number of benzene rings is 1. The van der Waals surface area contributed by atoms with E-state index in [1.165, 1.54) is 18.4 Å². The molecular weight excluding hydrogens is 233 g/mol. The number of hydrogen-bond donors (Lipinski definition) is 2. The van der Waals surface area contributed by atoms with Crippen molar-refractivity contribution in [3.8, 4) is 5.75 Å². The van der Waals surface area contributed by atoms with Crippen molar-refractivity contribution >= 4 is 16.7 Å². The normalized spacial score (nSPS) is 12.1. The molecule has 0 aliphatic heterocycles. The van der Waals surface area contributed by atoms with Crippen molar-refractivity contribution in [2.24, 2.45) is 0 Å². The Hall–Kier alpha value is -1.43. The van der Waals surface area contributed by atoms with Crippen LogP contribution in [0.1, 0.15) is 10.4 Å². The van der Waals surface area contributed by atoms with Crippen molar-refractivity contribution in [1.82, 2.24) is 5.32 Å². The number of hydrogen-bond acceptors (Lipinski definition) is 3. The molecule has 0 aromatic heterocycles. The average molecular weight is 245 g/mol. The second-order valence-electron chi connectivity index (χ2n) is 3.20. The van der Waals surface area contributed by atoms with Gasteiger partial charge >= 0.3 is 0 Å². The maximum atomic E-state index is 13.2. The largest absolute Gasteiger partial charge is 0.508 e. The fourth-order valence-electron chi connectivity index (χ4n) is 1.09. The van der Waals surface area contributed by atoms with Gasteiger partial charge in [0.2, 0.25) is 0 Å². The maximum Gasteiger partial charge on any atom is 0.254 e. The molecule has 2 N–H and O–H groups in total. The van der Waals surface area contributed by atoms with Crippen molar-refractivity contribution in [2.75, 3.05) is 18.6 Å². The molecule has 0 radical (unpaired) electrons. The molecule has 0 saturated carbocycles. The van der Waals surface area contributed by atoms with E-state index in [9.17, 15) is 13.4 Å². The number of rotatable bonds is 4. The summed E-state index contributed by atoms with van der Waals surface area (Å²) >= 11 is 0. The lowest BCUT2D eigenvalue weighted by Crippen LogP contribution is -2.28. The Kier molecular flexibility index (Phi) is 4.42. The van der Waals surface area contributed by atoms with Crippen LogP contribution in [-0.2, 0) is 10.8 Å². The Balaban J connectivity index is 2.63. The number of phenols is 1. The van der Waals surface area contributed by atoms with Crippen molar-refractivity contribution < 1.29 is 18.5 Å². The van der Waals surface area contributed by atoms with Gasteiger partial charge in [-0.15, -0.1) is 0 Å². The molecule has 4 nitrogen and oxygen atoms in total. The van der Waals surface area contributed by atoms with Crippen molar-refractivity contribution in [1.29, 1.82) is 0 Å². The zero-order chi connectivity index (χ0) is 12.1. The predicted octanol–water partition coefficient (Wildman–Crippen LogP) is 0.640. The van der Waals surface area contributed by atoms with E-state index in [1.807, 2.05) is 0 Å². The highest BCUT2D eigenvalue weighted by atomic mass is 32.2. The lowest BCUT2D eigenvalue weighted by atomic mass is 10.2. The van der Waals surface area contributed by atoms with E-state index < -0.39 is 22.5 Å². The molecule has 0 heterocycles. The number of amides is 1. The Bertz CT molecular complexity index is 423. The van der Waals surface area contributed by atoms with E-state index >= 15 is 0 Å². The van der Waals surface area contributed by atoms with Gasteiger partial charge in [0, 0.05) is 35.4 Å². The smallest absolute Gasteiger partial charge is 0.254 e. The Morgan fingerprint density at radius 2 is 2.25 bits per heavy atom. The summed E-state index contributed by atoms with van der Waals surface area (Å²) in [6.45, 7) is 0.224. The minimum atomic E-state index is -0.996. The number of nitrogens with one attached hydrogen (secondary N) is 1. The first-order valence-corrected chi connectivity index (χ1v) is 6.30. The van der Waals surface area contributed by atoms with Crippen LogP contribution in [0.5, 0.6) is 5.75 Å². The molecule has 0 bridgehead atoms. The van der Waals surface area contributed by atoms with Gasteiger partial charge in [-0.25, -0.2) is 4.39 Å². The third-order valence-electron chi connectivity index (χ3n) is 1.87. The van der Waals surface area contributed by atoms with Gasteiger partial charge in [0.05, 0.1) is 5.56 Å². The minimum absolute atomic E-state index is 0.139. The number of phenolic OH excluding ortho intramolecular Hbond substituents is 1. The van der Waals surface area contributed by atoms with Gasteiger partial charge in [-0.1, -0.05) is 0 Å². The van der Waals surface area contributed by atoms with Gasteiger partial charge in [0.1, 0.15) is 11.6 Å². The molecule has 1 atom stereocenters. The van der Waals surface area contributed by atoms with E-state index in [4.69, 9.17) is 5.11 Å². The Morgan fingerprint density at radius 1 is 1.56 bits per heavy atom. The van der Waals surface area contributed by atoms with Gasteiger partial charge in [-0.05, 0) is 12.1 Å². The minimum Gasteiger partial charge on any atom is -0.508 e. The summed E-state index contributed by atoms with van der Waals surface area (Å²) in [5.41, 5.74) is -0.139. The molecule has 16 heavy (non-hydrogen) atoms. The third-order valence-corrected chi connectivity index (χ3v) is 2.65. The van der Waals surface area contributed by atoms with Gasteiger partial charge < -0.3 is 10.4 Å². The summed E-state index contributed by atoms with van der Waals surface area (Å²) in [7, 11) is -0.996. The van der Waals surface area contributed by atoms with Gasteiger partial charge in [0.25, 0.3) is 5.91 Å². The lowest BCUT2D eigenvalue weighted by molar-refractivity contribution is 0.0952. The van der Waals surface area contributed by atoms with Crippen molar-refractivity contribution in [3.63, 3.8) is 0 Å². The molecule has 0 fully saturated rings. The zero-order valence-electron chi connectivity index (χ0n) is 8.70. The van der Waals surface area contributed by atoms with Crippen molar-refractivity contribution in [3.05, 3.63) is 29.6 Å². The lowest BCUT2D eigenvalue weighted by Gasteiger charge is -2.05. The summed E-state index contributed by atoms with van der Waals surface area (Å²) in [5.74, 6) is -1.27. The van der Waals surface area contributed by atoms with Crippen LogP contribution in [0.25, 0.3) is 0 Å². The second-order valence-corrected chi connectivity index (χ2v) is 4.75. The summed E-state index contributed by atoms with van der Waals surface area (Å²) in [6, 6.07) is 3.30. The van der Waals surface area contributed by atoms with E-state index in [2.05, 4.69) is 5.32 Å². The summed E-state index contributed by atoms with van der Waals surface area (Å²) in [5, 5.41) is 11.4. The van der Waals surface area contributed by atoms with Crippen LogP contribution in [-0.4, -0.2) is 33.8 Å². The topological polar surface area (TPSA) is 66.4 Å². The van der Waals surface area contributed by atoms with Gasteiger partial charge in [-0.2, -0.15) is 0 Å². The van der Waals surface area contributed by atoms with Crippen LogP contribution < -0.4 is 5.32 Å². The highest BCUT2D eigenvalue weighted by Crippen LogP contribution is 2.14. The highest BCUT2D eigenvalue weighted by molar-refractivity contribution is 7.84. The maximum absolute atomic E-state index is 13.2. The molecule has 1 amide bonds. The van der Waals surface area contributed by atoms with E-state index in [-0.39, 0.29) is 17.9 Å². The summed E-state index contributed by atoms with van der Waals surface area (Å²) in [4.78, 5) is 11.4. The second kappa shape index (κ2) is 5.60. The SMILES string of the molecule is CS(=O)CCNC(=O)c1ccc(O)cc1F. The van der Waals surface area contributed by atoms with Crippen LogP contribution >= 0.6 is 0 Å². The van der Waals surface area contributed by atoms with Crippen LogP contribution in [0.3, 0.4) is 0 Å². The summed E-state index contributed by atoms with van der Waals surface area (Å²) in [6.07, 6.45) is 1.52. The van der Waals surface area contributed by atoms with E-state index in [0.29, 0.717) is 5.75 Å². The first-order chi connectivity index (χ1) is 7.50. The molecular formula is C10H12FNO3S. The van der Waals surface area contributed by atoms with E-state index in [1.54, 1.807) is 0 Å². The number of aromatic hydroxyl groups is 1. The van der Waals surface area contributed by atoms with Crippen molar-refractivity contribution in [2.45, 2.75) is 0 Å². The van der Waals surface area contributed by atoms with Crippen LogP contribution in [0, 0.1) is 5.82 Å². The fraction of sp³-hybridized carbons (Fsp3) is 0.300. The quantitative estimate of drug-likeness (QED) is 0.818. The van der Waals surface area contributed by atoms with Gasteiger partial charge in [-0.3, -0.25) is 9.00 Å². The fourth-order valence-corrected chi connectivity index (χ4v) is 1.48. The summed E-state index contributed by atoms with van der Waals surface area (Å²) < 4.78 is 23.9. The molecule has 6 heteroatoms. The Labute approximate surface area is 94.9 Å². The third kappa shape index (κ3) is 3.62. The molecule has 88 valence electrons. The molecule has 1 unspecified atom stereocenters. The standard InChI is InChI=1S/C10H12FNO3S/c1-16(15)5-4-12-10(14)8-3-2-7(13)6-9(8)11/h2-3,6,13H,4-5H2,1H3,(H,12,14). The highest BCUT2D eigenvalue weighted by Gasteiger charge is 2.11. The number of halogens is 1. The molecule has 0 saturated heterocycles. The van der Waals surface area contributed by atoms with Gasteiger partial charge in [0.15, 0.2) is 0 Å². The molecule has 1 aromatic carbocycles.